The highest BCUT2D eigenvalue weighted by Crippen LogP contribution is 2.19. The van der Waals surface area contributed by atoms with Gasteiger partial charge in [0.15, 0.2) is 0 Å². The molecule has 7 heteroatoms. The lowest BCUT2D eigenvalue weighted by molar-refractivity contribution is 0.0660. The molecule has 0 aliphatic heterocycles. The number of halogens is 2. The highest BCUT2D eigenvalue weighted by Gasteiger charge is 2.16. The molecule has 0 aliphatic rings. The summed E-state index contributed by atoms with van der Waals surface area (Å²) in [5.74, 6) is -2.65. The van der Waals surface area contributed by atoms with Gasteiger partial charge < -0.3 is 14.8 Å². The summed E-state index contributed by atoms with van der Waals surface area (Å²) in [6, 6.07) is 6.58. The fourth-order valence-electron chi connectivity index (χ4n) is 1.56. The molecule has 0 saturated carbocycles. The van der Waals surface area contributed by atoms with E-state index in [2.05, 4.69) is 5.32 Å². The van der Waals surface area contributed by atoms with Gasteiger partial charge in [0.2, 0.25) is 5.76 Å². The number of amides is 1. The van der Waals surface area contributed by atoms with Crippen LogP contribution in [0.2, 0.25) is 5.02 Å². The van der Waals surface area contributed by atoms with E-state index in [1.165, 1.54) is 24.3 Å². The molecule has 104 valence electrons. The van der Waals surface area contributed by atoms with Gasteiger partial charge in [-0.2, -0.15) is 0 Å². The number of rotatable bonds is 4. The molecule has 1 heterocycles. The zero-order valence-electron chi connectivity index (χ0n) is 10.0. The molecule has 2 aromatic rings. The molecule has 0 bridgehead atoms. The van der Waals surface area contributed by atoms with Gasteiger partial charge in [0.05, 0.1) is 17.1 Å². The summed E-state index contributed by atoms with van der Waals surface area (Å²) in [4.78, 5) is 22.4. The Bertz CT molecular complexity index is 648. The number of hydrogen-bond acceptors (Lipinski definition) is 3. The molecule has 0 spiro atoms. The fourth-order valence-corrected chi connectivity index (χ4v) is 1.81. The molecule has 0 atom stereocenters. The average Bonchev–Trinajstić information content (AvgIpc) is 2.85. The van der Waals surface area contributed by atoms with E-state index in [1.54, 1.807) is 0 Å². The minimum atomic E-state index is -1.21. The van der Waals surface area contributed by atoms with E-state index < -0.39 is 17.7 Å². The minimum Gasteiger partial charge on any atom is -0.475 e. The first-order valence-electron chi connectivity index (χ1n) is 5.53. The van der Waals surface area contributed by atoms with Crippen molar-refractivity contribution in [1.29, 1.82) is 0 Å². The van der Waals surface area contributed by atoms with Crippen LogP contribution in [-0.4, -0.2) is 17.0 Å². The van der Waals surface area contributed by atoms with Gasteiger partial charge in [-0.1, -0.05) is 17.7 Å². The van der Waals surface area contributed by atoms with Crippen molar-refractivity contribution in [2.45, 2.75) is 6.54 Å². The van der Waals surface area contributed by atoms with Crippen LogP contribution in [0.4, 0.5) is 4.39 Å². The van der Waals surface area contributed by atoms with E-state index in [0.717, 1.165) is 6.07 Å². The van der Waals surface area contributed by atoms with Crippen LogP contribution in [0.25, 0.3) is 0 Å². The standard InChI is InChI=1S/C13H9ClFNO4/c14-8-2-1-3-9(15)11(8)12(17)16-6-7-4-5-10(20-7)13(18)19/h1-5H,6H2,(H,16,17)(H,18,19). The van der Waals surface area contributed by atoms with Crippen LogP contribution in [0.1, 0.15) is 26.7 Å². The first-order valence-corrected chi connectivity index (χ1v) is 5.91. The third-order valence-electron chi connectivity index (χ3n) is 2.49. The third-order valence-corrected chi connectivity index (χ3v) is 2.80. The average molecular weight is 298 g/mol. The molecule has 20 heavy (non-hydrogen) atoms. The molecule has 1 aromatic carbocycles. The number of hydrogen-bond donors (Lipinski definition) is 2. The first-order chi connectivity index (χ1) is 9.49. The Morgan fingerprint density at radius 2 is 2.05 bits per heavy atom. The molecule has 2 N–H and O–H groups in total. The predicted molar refractivity (Wildman–Crippen MR) is 68.2 cm³/mol. The molecule has 5 nitrogen and oxygen atoms in total. The van der Waals surface area contributed by atoms with E-state index >= 15 is 0 Å². The number of furan rings is 1. The fraction of sp³-hybridized carbons (Fsp3) is 0.0769. The molecular formula is C13H9ClFNO4. The van der Waals surface area contributed by atoms with Gasteiger partial charge in [0.25, 0.3) is 5.91 Å². The maximum absolute atomic E-state index is 13.5. The Morgan fingerprint density at radius 3 is 2.65 bits per heavy atom. The summed E-state index contributed by atoms with van der Waals surface area (Å²) in [5.41, 5.74) is -0.265. The molecular weight excluding hydrogens is 289 g/mol. The number of carbonyl (C=O) groups is 2. The van der Waals surface area contributed by atoms with Crippen LogP contribution in [0.15, 0.2) is 34.7 Å². The Hall–Kier alpha value is -2.34. The number of carboxylic acids is 1. The number of aromatic carboxylic acids is 1. The van der Waals surface area contributed by atoms with Crippen LogP contribution in [0.3, 0.4) is 0 Å². The normalized spacial score (nSPS) is 10.3. The molecule has 2 rings (SSSR count). The van der Waals surface area contributed by atoms with Crippen molar-refractivity contribution in [1.82, 2.24) is 5.32 Å². The number of carbonyl (C=O) groups excluding carboxylic acids is 1. The second kappa shape index (κ2) is 5.75. The summed E-state index contributed by atoms with van der Waals surface area (Å²) in [6.45, 7) is -0.0726. The van der Waals surface area contributed by atoms with E-state index in [1.807, 2.05) is 0 Å². The lowest BCUT2D eigenvalue weighted by Gasteiger charge is -2.06. The van der Waals surface area contributed by atoms with Gasteiger partial charge in [-0.05, 0) is 24.3 Å². The van der Waals surface area contributed by atoms with Gasteiger partial charge in [0.1, 0.15) is 11.6 Å². The predicted octanol–water partition coefficient (Wildman–Crippen LogP) is 2.70. The van der Waals surface area contributed by atoms with Crippen LogP contribution in [-0.2, 0) is 6.54 Å². The van der Waals surface area contributed by atoms with Crippen LogP contribution in [0, 0.1) is 5.82 Å². The molecule has 0 fully saturated rings. The largest absolute Gasteiger partial charge is 0.475 e. The second-order valence-corrected chi connectivity index (χ2v) is 4.26. The van der Waals surface area contributed by atoms with Crippen molar-refractivity contribution in [3.05, 3.63) is 58.3 Å². The maximum Gasteiger partial charge on any atom is 0.371 e. The molecule has 1 amide bonds. The van der Waals surface area contributed by atoms with Gasteiger partial charge >= 0.3 is 5.97 Å². The molecule has 0 radical (unpaired) electrons. The summed E-state index contributed by atoms with van der Waals surface area (Å²) >= 11 is 5.75. The topological polar surface area (TPSA) is 79.5 Å². The monoisotopic (exact) mass is 297 g/mol. The van der Waals surface area contributed by atoms with Crippen molar-refractivity contribution >= 4 is 23.5 Å². The van der Waals surface area contributed by atoms with E-state index in [-0.39, 0.29) is 28.7 Å². The zero-order chi connectivity index (χ0) is 14.7. The SMILES string of the molecule is O=C(O)c1ccc(CNC(=O)c2c(F)cccc2Cl)o1. The zero-order valence-corrected chi connectivity index (χ0v) is 10.8. The second-order valence-electron chi connectivity index (χ2n) is 3.85. The van der Waals surface area contributed by atoms with Crippen LogP contribution in [0.5, 0.6) is 0 Å². The molecule has 0 unspecified atom stereocenters. The Labute approximate surface area is 118 Å². The van der Waals surface area contributed by atoms with Crippen LogP contribution < -0.4 is 5.32 Å². The van der Waals surface area contributed by atoms with Crippen molar-refractivity contribution in [3.63, 3.8) is 0 Å². The highest BCUT2D eigenvalue weighted by molar-refractivity contribution is 6.33. The Balaban J connectivity index is 2.07. The van der Waals surface area contributed by atoms with Gasteiger partial charge in [-0.25, -0.2) is 9.18 Å². The van der Waals surface area contributed by atoms with E-state index in [0.29, 0.717) is 0 Å². The van der Waals surface area contributed by atoms with E-state index in [4.69, 9.17) is 21.1 Å². The maximum atomic E-state index is 13.5. The summed E-state index contributed by atoms with van der Waals surface area (Å²) < 4.78 is 18.4. The number of carboxylic acid groups (broad SMARTS) is 1. The van der Waals surface area contributed by atoms with Crippen molar-refractivity contribution in [3.8, 4) is 0 Å². The van der Waals surface area contributed by atoms with Gasteiger partial charge in [0, 0.05) is 0 Å². The summed E-state index contributed by atoms with van der Waals surface area (Å²) in [7, 11) is 0. The van der Waals surface area contributed by atoms with E-state index in [9.17, 15) is 14.0 Å². The van der Waals surface area contributed by atoms with Crippen molar-refractivity contribution in [2.24, 2.45) is 0 Å². The number of nitrogens with one attached hydrogen (secondary N) is 1. The third kappa shape index (κ3) is 2.97. The highest BCUT2D eigenvalue weighted by atomic mass is 35.5. The minimum absolute atomic E-state index is 0.00632. The molecule has 0 aliphatic carbocycles. The van der Waals surface area contributed by atoms with Gasteiger partial charge in [-0.15, -0.1) is 0 Å². The van der Waals surface area contributed by atoms with Gasteiger partial charge in [-0.3, -0.25) is 4.79 Å². The Kier molecular flexibility index (Phi) is 4.05. The lowest BCUT2D eigenvalue weighted by Crippen LogP contribution is -2.24. The smallest absolute Gasteiger partial charge is 0.371 e. The quantitative estimate of drug-likeness (QED) is 0.909. The Morgan fingerprint density at radius 1 is 1.30 bits per heavy atom. The summed E-state index contributed by atoms with van der Waals surface area (Å²) in [6.07, 6.45) is 0. The lowest BCUT2D eigenvalue weighted by atomic mass is 10.2. The van der Waals surface area contributed by atoms with Crippen molar-refractivity contribution in [2.75, 3.05) is 0 Å². The van der Waals surface area contributed by atoms with Crippen LogP contribution >= 0.6 is 11.6 Å². The first kappa shape index (κ1) is 14.1. The van der Waals surface area contributed by atoms with Crippen molar-refractivity contribution < 1.29 is 23.5 Å². The molecule has 0 saturated heterocycles. The number of benzene rings is 1. The molecule has 1 aromatic heterocycles. The summed E-state index contributed by atoms with van der Waals surface area (Å²) in [5, 5.41) is 11.1.